The summed E-state index contributed by atoms with van der Waals surface area (Å²) >= 11 is 0. The zero-order valence-electron chi connectivity index (χ0n) is 24.5. The van der Waals surface area contributed by atoms with Crippen LogP contribution in [0.15, 0.2) is 54.7 Å². The van der Waals surface area contributed by atoms with Crippen LogP contribution in [0.1, 0.15) is 35.2 Å². The highest BCUT2D eigenvalue weighted by Crippen LogP contribution is 2.34. The zero-order valence-corrected chi connectivity index (χ0v) is 25.3. The number of carbonyl (C=O) groups is 1. The molecule has 3 aliphatic rings. The first-order valence-electron chi connectivity index (χ1n) is 15.0. The Balaban J connectivity index is 1.18. The predicted octanol–water partition coefficient (Wildman–Crippen LogP) is 3.80. The maximum Gasteiger partial charge on any atom is 0.231 e. The SMILES string of the molecule is CN1CCN(c2ccc(Nc3nc(N[C@H]4CCN(S(=O)(=O)C5CC5)C4)c4c(C(=O)c5ccc(F)cc5)c[nH]c4n3)cc2)CC1. The van der Waals surface area contributed by atoms with E-state index in [1.54, 1.807) is 10.5 Å². The van der Waals surface area contributed by atoms with Crippen LogP contribution < -0.4 is 15.5 Å². The molecule has 0 amide bonds. The summed E-state index contributed by atoms with van der Waals surface area (Å²) in [5, 5.41) is 6.95. The fourth-order valence-corrected chi connectivity index (χ4v) is 7.83. The Morgan fingerprint density at radius 3 is 2.39 bits per heavy atom. The summed E-state index contributed by atoms with van der Waals surface area (Å²) in [6.45, 7) is 4.76. The van der Waals surface area contributed by atoms with Crippen LogP contribution in [-0.2, 0) is 10.0 Å². The fourth-order valence-electron chi connectivity index (χ4n) is 5.93. The van der Waals surface area contributed by atoms with E-state index in [1.165, 1.54) is 24.3 Å². The third-order valence-corrected chi connectivity index (χ3v) is 11.0. The zero-order chi connectivity index (χ0) is 30.4. The van der Waals surface area contributed by atoms with Gasteiger partial charge in [-0.25, -0.2) is 12.8 Å². The van der Waals surface area contributed by atoms with Crippen LogP contribution in [0.4, 0.5) is 27.5 Å². The van der Waals surface area contributed by atoms with Gasteiger partial charge in [-0.1, -0.05) is 0 Å². The first kappa shape index (κ1) is 28.7. The highest BCUT2D eigenvalue weighted by molar-refractivity contribution is 7.90. The molecule has 44 heavy (non-hydrogen) atoms. The molecule has 2 saturated heterocycles. The lowest BCUT2D eigenvalue weighted by Crippen LogP contribution is -2.44. The third-order valence-electron chi connectivity index (χ3n) is 8.67. The number of H-pyrrole nitrogens is 1. The predicted molar refractivity (Wildman–Crippen MR) is 169 cm³/mol. The van der Waals surface area contributed by atoms with E-state index in [-0.39, 0.29) is 17.1 Å². The van der Waals surface area contributed by atoms with Crippen LogP contribution >= 0.6 is 0 Å². The molecule has 3 N–H and O–H groups in total. The number of hydrogen-bond acceptors (Lipinski definition) is 9. The smallest absolute Gasteiger partial charge is 0.231 e. The van der Waals surface area contributed by atoms with E-state index in [1.807, 2.05) is 12.1 Å². The molecule has 0 radical (unpaired) electrons. The summed E-state index contributed by atoms with van der Waals surface area (Å²) in [5.41, 5.74) is 3.10. The molecule has 0 bridgehead atoms. The van der Waals surface area contributed by atoms with Crippen LogP contribution in [0.5, 0.6) is 0 Å². The highest BCUT2D eigenvalue weighted by atomic mass is 32.2. The molecule has 2 aromatic heterocycles. The number of sulfonamides is 1. The molecule has 1 aliphatic carbocycles. The summed E-state index contributed by atoms with van der Waals surface area (Å²) in [5.74, 6) is 0.0298. The number of carbonyl (C=O) groups excluding carboxylic acids is 1. The Bertz CT molecular complexity index is 1780. The quantitative estimate of drug-likeness (QED) is 0.240. The second-order valence-corrected chi connectivity index (χ2v) is 14.1. The number of benzene rings is 2. The largest absolute Gasteiger partial charge is 0.369 e. The monoisotopic (exact) mass is 618 g/mol. The van der Waals surface area contributed by atoms with Crippen molar-refractivity contribution in [2.75, 3.05) is 61.8 Å². The van der Waals surface area contributed by atoms with Gasteiger partial charge in [-0.05, 0) is 74.8 Å². The van der Waals surface area contributed by atoms with Crippen LogP contribution in [-0.4, -0.2) is 96.0 Å². The Hall–Kier alpha value is -4.07. The van der Waals surface area contributed by atoms with Crippen LogP contribution in [0.25, 0.3) is 11.0 Å². The molecular formula is C31H35FN8O3S. The van der Waals surface area contributed by atoms with Crippen molar-refractivity contribution in [3.8, 4) is 0 Å². The van der Waals surface area contributed by atoms with E-state index in [4.69, 9.17) is 4.98 Å². The summed E-state index contributed by atoms with van der Waals surface area (Å²) in [6.07, 6.45) is 3.63. The minimum atomic E-state index is -3.30. The van der Waals surface area contributed by atoms with Gasteiger partial charge < -0.3 is 25.4 Å². The van der Waals surface area contributed by atoms with Crippen molar-refractivity contribution in [1.82, 2.24) is 24.2 Å². The third kappa shape index (κ3) is 5.74. The lowest BCUT2D eigenvalue weighted by molar-refractivity contribution is 0.104. The fraction of sp³-hybridized carbons (Fsp3) is 0.387. The molecule has 1 saturated carbocycles. The summed E-state index contributed by atoms with van der Waals surface area (Å²) in [7, 11) is -1.16. The van der Waals surface area contributed by atoms with Crippen molar-refractivity contribution in [3.63, 3.8) is 0 Å². The van der Waals surface area contributed by atoms with Crippen LogP contribution in [0.3, 0.4) is 0 Å². The number of piperazine rings is 1. The minimum absolute atomic E-state index is 0.194. The topological polar surface area (TPSA) is 127 Å². The van der Waals surface area contributed by atoms with E-state index in [9.17, 15) is 17.6 Å². The first-order chi connectivity index (χ1) is 21.2. The molecule has 13 heteroatoms. The lowest BCUT2D eigenvalue weighted by atomic mass is 10.0. The average Bonchev–Trinajstić information content (AvgIpc) is 3.64. The normalized spacial score (nSPS) is 19.9. The second kappa shape index (κ2) is 11.5. The molecule has 230 valence electrons. The van der Waals surface area contributed by atoms with Gasteiger partial charge in [-0.15, -0.1) is 0 Å². The van der Waals surface area contributed by atoms with Gasteiger partial charge in [0, 0.05) is 68.4 Å². The maximum absolute atomic E-state index is 13.6. The molecule has 4 aromatic rings. The van der Waals surface area contributed by atoms with E-state index in [0.29, 0.717) is 66.3 Å². The van der Waals surface area contributed by atoms with Crippen molar-refractivity contribution in [3.05, 3.63) is 71.7 Å². The molecule has 0 spiro atoms. The van der Waals surface area contributed by atoms with Gasteiger partial charge in [0.2, 0.25) is 16.0 Å². The van der Waals surface area contributed by atoms with Crippen molar-refractivity contribution < 1.29 is 17.6 Å². The Morgan fingerprint density at radius 1 is 0.955 bits per heavy atom. The van der Waals surface area contributed by atoms with Crippen LogP contribution in [0, 0.1) is 5.82 Å². The first-order valence-corrected chi connectivity index (χ1v) is 16.5. The van der Waals surface area contributed by atoms with Crippen LogP contribution in [0.2, 0.25) is 0 Å². The number of rotatable bonds is 9. The van der Waals surface area contributed by atoms with Gasteiger partial charge in [0.05, 0.1) is 16.2 Å². The van der Waals surface area contributed by atoms with E-state index in [0.717, 1.165) is 37.6 Å². The maximum atomic E-state index is 13.6. The Labute approximate surface area is 255 Å². The number of anilines is 4. The highest BCUT2D eigenvalue weighted by Gasteiger charge is 2.43. The molecular weight excluding hydrogens is 583 g/mol. The molecule has 11 nitrogen and oxygen atoms in total. The van der Waals surface area contributed by atoms with Crippen molar-refractivity contribution in [2.24, 2.45) is 0 Å². The molecule has 2 aliphatic heterocycles. The van der Waals surface area contributed by atoms with E-state index in [2.05, 4.69) is 49.6 Å². The number of hydrogen-bond donors (Lipinski definition) is 3. The van der Waals surface area contributed by atoms with E-state index >= 15 is 0 Å². The number of nitrogens with one attached hydrogen (secondary N) is 3. The number of likely N-dealkylation sites (N-methyl/N-ethyl adjacent to an activating group) is 1. The molecule has 7 rings (SSSR count). The lowest BCUT2D eigenvalue weighted by Gasteiger charge is -2.34. The number of nitrogens with zero attached hydrogens (tertiary/aromatic N) is 5. The van der Waals surface area contributed by atoms with Gasteiger partial charge in [-0.2, -0.15) is 14.3 Å². The molecule has 4 heterocycles. The van der Waals surface area contributed by atoms with Crippen molar-refractivity contribution in [2.45, 2.75) is 30.6 Å². The molecule has 0 unspecified atom stereocenters. The Kier molecular flexibility index (Phi) is 7.47. The second-order valence-electron chi connectivity index (χ2n) is 11.9. The summed E-state index contributed by atoms with van der Waals surface area (Å²) in [6, 6.07) is 13.3. The van der Waals surface area contributed by atoms with Crippen molar-refractivity contribution >= 4 is 50.0 Å². The Morgan fingerprint density at radius 2 is 1.68 bits per heavy atom. The minimum Gasteiger partial charge on any atom is -0.369 e. The number of aromatic nitrogens is 3. The molecule has 1 atom stereocenters. The van der Waals surface area contributed by atoms with Gasteiger partial charge in [-0.3, -0.25) is 4.79 Å². The standard InChI is InChI=1S/C31H35FN8O3S/c1-38-14-16-39(17-15-38)24-8-6-22(7-9-24)35-31-36-29-27(26(18-33-29)28(41)20-2-4-21(32)5-3-20)30(37-31)34-23-12-13-40(19-23)44(42,43)25-10-11-25/h2-9,18,23,25H,10-17,19H2,1H3,(H3,33,34,35,36,37)/t23-/m0/s1. The van der Waals surface area contributed by atoms with Gasteiger partial charge in [0.1, 0.15) is 17.3 Å². The number of ketones is 1. The molecule has 3 fully saturated rings. The van der Waals surface area contributed by atoms with Gasteiger partial charge in [0.15, 0.2) is 5.78 Å². The molecule has 2 aromatic carbocycles. The number of halogens is 1. The van der Waals surface area contributed by atoms with Gasteiger partial charge >= 0.3 is 0 Å². The van der Waals surface area contributed by atoms with Crippen molar-refractivity contribution in [1.29, 1.82) is 0 Å². The number of aromatic amines is 1. The van der Waals surface area contributed by atoms with Gasteiger partial charge in [0.25, 0.3) is 0 Å². The summed E-state index contributed by atoms with van der Waals surface area (Å²) in [4.78, 5) is 30.8. The number of fused-ring (bicyclic) bond motifs is 1. The summed E-state index contributed by atoms with van der Waals surface area (Å²) < 4.78 is 40.8. The van der Waals surface area contributed by atoms with E-state index < -0.39 is 15.8 Å². The average molecular weight is 619 g/mol.